The number of hydrogen-bond donors (Lipinski definition) is 1. The molecule has 0 unspecified atom stereocenters. The third kappa shape index (κ3) is 6.96. The average molecular weight is 383 g/mol. The van der Waals surface area contributed by atoms with E-state index in [4.69, 9.17) is 4.74 Å². The molecule has 146 valence electrons. The predicted octanol–water partition coefficient (Wildman–Crippen LogP) is 2.69. The Morgan fingerprint density at radius 3 is 2.31 bits per heavy atom. The molecule has 0 radical (unpaired) electrons. The molecule has 0 bridgehead atoms. The molecule has 1 aliphatic rings. The molecule has 1 saturated carbocycles. The maximum absolute atomic E-state index is 12.2. The fourth-order valence-electron chi connectivity index (χ4n) is 3.25. The van der Waals surface area contributed by atoms with Crippen molar-refractivity contribution in [3.63, 3.8) is 0 Å². The van der Waals surface area contributed by atoms with Crippen LogP contribution in [0.3, 0.4) is 0 Å². The Balaban J connectivity index is 1.89. The Hall–Kier alpha value is -1.60. The molecule has 0 atom stereocenters. The Morgan fingerprint density at radius 2 is 1.77 bits per heavy atom. The third-order valence-electron chi connectivity index (χ3n) is 4.80. The molecule has 1 N–H and O–H groups in total. The Bertz CT molecular complexity index is 665. The largest absolute Gasteiger partial charge is 0.497 e. The van der Waals surface area contributed by atoms with E-state index in [1.54, 1.807) is 19.2 Å². The first-order valence-electron chi connectivity index (χ1n) is 9.26. The van der Waals surface area contributed by atoms with Gasteiger partial charge in [0.2, 0.25) is 15.9 Å². The van der Waals surface area contributed by atoms with Gasteiger partial charge in [0.15, 0.2) is 0 Å². The zero-order valence-electron chi connectivity index (χ0n) is 15.7. The number of hydrogen-bond acceptors (Lipinski definition) is 4. The smallest absolute Gasteiger partial charge is 0.221 e. The van der Waals surface area contributed by atoms with Crippen molar-refractivity contribution in [2.45, 2.75) is 57.5 Å². The summed E-state index contributed by atoms with van der Waals surface area (Å²) in [5.41, 5.74) is 0.861. The van der Waals surface area contributed by atoms with Gasteiger partial charge in [-0.2, -0.15) is 4.31 Å². The van der Waals surface area contributed by atoms with Crippen LogP contribution < -0.4 is 10.1 Å². The number of rotatable bonds is 8. The monoisotopic (exact) mass is 382 g/mol. The van der Waals surface area contributed by atoms with Gasteiger partial charge >= 0.3 is 0 Å². The van der Waals surface area contributed by atoms with Crippen molar-refractivity contribution in [2.75, 3.05) is 19.9 Å². The molecule has 6 nitrogen and oxygen atoms in total. The molecular weight excluding hydrogens is 352 g/mol. The minimum Gasteiger partial charge on any atom is -0.497 e. The van der Waals surface area contributed by atoms with Crippen LogP contribution in [0.2, 0.25) is 0 Å². The van der Waals surface area contributed by atoms with Crippen LogP contribution in [0.4, 0.5) is 0 Å². The van der Waals surface area contributed by atoms with Crippen molar-refractivity contribution in [3.8, 4) is 5.75 Å². The van der Waals surface area contributed by atoms with Crippen LogP contribution in [0.25, 0.3) is 0 Å². The Morgan fingerprint density at radius 1 is 1.15 bits per heavy atom. The van der Waals surface area contributed by atoms with E-state index < -0.39 is 10.0 Å². The molecule has 0 aliphatic heterocycles. The SMILES string of the molecule is COc1ccc(CN(CCC(=O)NC2CCCCCC2)S(C)(=O)=O)cc1. The van der Waals surface area contributed by atoms with Crippen LogP contribution in [0, 0.1) is 0 Å². The highest BCUT2D eigenvalue weighted by molar-refractivity contribution is 7.88. The van der Waals surface area contributed by atoms with Gasteiger partial charge in [-0.15, -0.1) is 0 Å². The van der Waals surface area contributed by atoms with Crippen molar-refractivity contribution >= 4 is 15.9 Å². The third-order valence-corrected chi connectivity index (χ3v) is 6.05. The van der Waals surface area contributed by atoms with Gasteiger partial charge in [0.1, 0.15) is 5.75 Å². The van der Waals surface area contributed by atoms with Crippen LogP contribution >= 0.6 is 0 Å². The molecule has 0 spiro atoms. The number of benzene rings is 1. The first kappa shape index (κ1) is 20.7. The fraction of sp³-hybridized carbons (Fsp3) is 0.632. The number of ether oxygens (including phenoxy) is 1. The lowest BCUT2D eigenvalue weighted by atomic mass is 10.1. The number of nitrogens with zero attached hydrogens (tertiary/aromatic N) is 1. The first-order valence-corrected chi connectivity index (χ1v) is 11.1. The van der Waals surface area contributed by atoms with Gasteiger partial charge in [-0.3, -0.25) is 4.79 Å². The van der Waals surface area contributed by atoms with Crippen LogP contribution in [-0.2, 0) is 21.4 Å². The second-order valence-electron chi connectivity index (χ2n) is 6.95. The average Bonchev–Trinajstić information content (AvgIpc) is 2.86. The van der Waals surface area contributed by atoms with Crippen LogP contribution in [0.5, 0.6) is 5.75 Å². The van der Waals surface area contributed by atoms with E-state index in [9.17, 15) is 13.2 Å². The standard InChI is InChI=1S/C19H30N2O4S/c1-25-18-11-9-16(10-12-18)15-21(26(2,23)24)14-13-19(22)20-17-7-5-3-4-6-8-17/h9-12,17H,3-8,13-15H2,1-2H3,(H,20,22). The molecular formula is C19H30N2O4S. The molecule has 1 amide bonds. The van der Waals surface area contributed by atoms with E-state index >= 15 is 0 Å². The van der Waals surface area contributed by atoms with Gasteiger partial charge in [-0.1, -0.05) is 37.8 Å². The van der Waals surface area contributed by atoms with Crippen LogP contribution in [0.15, 0.2) is 24.3 Å². The van der Waals surface area contributed by atoms with Crippen molar-refractivity contribution < 1.29 is 17.9 Å². The zero-order chi connectivity index (χ0) is 19.0. The number of carbonyl (C=O) groups excluding carboxylic acids is 1. The zero-order valence-corrected chi connectivity index (χ0v) is 16.6. The van der Waals surface area contributed by atoms with Crippen molar-refractivity contribution in [2.24, 2.45) is 0 Å². The van der Waals surface area contributed by atoms with E-state index in [0.29, 0.717) is 0 Å². The predicted molar refractivity (Wildman–Crippen MR) is 102 cm³/mol. The molecule has 2 rings (SSSR count). The highest BCUT2D eigenvalue weighted by atomic mass is 32.2. The summed E-state index contributed by atoms with van der Waals surface area (Å²) in [5.74, 6) is 0.655. The van der Waals surface area contributed by atoms with Crippen LogP contribution in [-0.4, -0.2) is 44.6 Å². The normalized spacial score (nSPS) is 16.3. The van der Waals surface area contributed by atoms with Gasteiger partial charge in [0.05, 0.1) is 13.4 Å². The number of methoxy groups -OCH3 is 1. The van der Waals surface area contributed by atoms with E-state index in [1.165, 1.54) is 23.4 Å². The minimum absolute atomic E-state index is 0.0692. The Labute approximate surface area is 157 Å². The summed E-state index contributed by atoms with van der Waals surface area (Å²) in [4.78, 5) is 12.2. The molecule has 26 heavy (non-hydrogen) atoms. The summed E-state index contributed by atoms with van der Waals surface area (Å²) in [6.45, 7) is 0.433. The summed E-state index contributed by atoms with van der Waals surface area (Å²) < 4.78 is 30.6. The number of sulfonamides is 1. The lowest BCUT2D eigenvalue weighted by molar-refractivity contribution is -0.122. The summed E-state index contributed by atoms with van der Waals surface area (Å²) in [7, 11) is -1.80. The summed E-state index contributed by atoms with van der Waals surface area (Å²) in [6.07, 6.45) is 8.17. The fourth-order valence-corrected chi connectivity index (χ4v) is 4.05. The van der Waals surface area contributed by atoms with Crippen molar-refractivity contribution in [3.05, 3.63) is 29.8 Å². The maximum Gasteiger partial charge on any atom is 0.221 e. The molecule has 1 aromatic rings. The molecule has 1 aromatic carbocycles. The van der Waals surface area contributed by atoms with E-state index in [2.05, 4.69) is 5.32 Å². The maximum atomic E-state index is 12.2. The van der Waals surface area contributed by atoms with Gasteiger partial charge in [-0.05, 0) is 30.5 Å². The lowest BCUT2D eigenvalue weighted by Crippen LogP contribution is -2.38. The highest BCUT2D eigenvalue weighted by Crippen LogP contribution is 2.18. The van der Waals surface area contributed by atoms with Gasteiger partial charge in [-0.25, -0.2) is 8.42 Å². The topological polar surface area (TPSA) is 75.7 Å². The van der Waals surface area contributed by atoms with Crippen molar-refractivity contribution in [1.82, 2.24) is 9.62 Å². The molecule has 0 aromatic heterocycles. The molecule has 1 aliphatic carbocycles. The van der Waals surface area contributed by atoms with Gasteiger partial charge in [0.25, 0.3) is 0 Å². The molecule has 7 heteroatoms. The quantitative estimate of drug-likeness (QED) is 0.702. The van der Waals surface area contributed by atoms with Gasteiger partial charge < -0.3 is 10.1 Å². The molecule has 1 fully saturated rings. The molecule has 0 saturated heterocycles. The molecule has 0 heterocycles. The minimum atomic E-state index is -3.39. The van der Waals surface area contributed by atoms with Crippen LogP contribution in [0.1, 0.15) is 50.5 Å². The number of nitrogens with one attached hydrogen (secondary N) is 1. The summed E-state index contributed by atoms with van der Waals surface area (Å²) in [5, 5.41) is 3.07. The highest BCUT2D eigenvalue weighted by Gasteiger charge is 2.20. The first-order chi connectivity index (χ1) is 12.4. The van der Waals surface area contributed by atoms with Crippen molar-refractivity contribution in [1.29, 1.82) is 0 Å². The van der Waals surface area contributed by atoms with E-state index in [0.717, 1.165) is 37.0 Å². The summed E-state index contributed by atoms with van der Waals surface area (Å²) in [6, 6.07) is 7.51. The Kier molecular flexibility index (Phi) is 7.90. The van der Waals surface area contributed by atoms with Gasteiger partial charge in [0, 0.05) is 25.6 Å². The number of carbonyl (C=O) groups is 1. The van der Waals surface area contributed by atoms with E-state index in [1.807, 2.05) is 12.1 Å². The second-order valence-corrected chi connectivity index (χ2v) is 8.93. The number of amides is 1. The second kappa shape index (κ2) is 9.92. The summed E-state index contributed by atoms with van der Waals surface area (Å²) >= 11 is 0. The lowest BCUT2D eigenvalue weighted by Gasteiger charge is -2.21. The van der Waals surface area contributed by atoms with E-state index in [-0.39, 0.29) is 31.5 Å².